The van der Waals surface area contributed by atoms with Crippen molar-refractivity contribution in [3.63, 3.8) is 0 Å². The number of benzene rings is 2. The van der Waals surface area contributed by atoms with Crippen molar-refractivity contribution >= 4 is 0 Å². The van der Waals surface area contributed by atoms with E-state index < -0.39 is 29.0 Å². The fraction of sp³-hybridized carbons (Fsp3) is 0.200. The molecule has 0 saturated heterocycles. The minimum atomic E-state index is -1.51. The predicted molar refractivity (Wildman–Crippen MR) is 66.5 cm³/mol. The van der Waals surface area contributed by atoms with Crippen LogP contribution < -0.4 is 4.74 Å². The maximum atomic E-state index is 13.3. The molecule has 0 unspecified atom stereocenters. The standard InChI is InChI=1S/C15H12F4O/c16-11-9-12(17)14(19)15(13(11)18)20-8-4-7-10-5-2-1-3-6-10/h1-3,5-6,9H,4,7-8H2. The van der Waals surface area contributed by atoms with Gasteiger partial charge in [0, 0.05) is 6.07 Å². The van der Waals surface area contributed by atoms with E-state index >= 15 is 0 Å². The van der Waals surface area contributed by atoms with Gasteiger partial charge < -0.3 is 4.74 Å². The summed E-state index contributed by atoms with van der Waals surface area (Å²) in [6, 6.07) is 9.59. The first-order valence-corrected chi connectivity index (χ1v) is 6.09. The van der Waals surface area contributed by atoms with Crippen molar-refractivity contribution in [1.29, 1.82) is 0 Å². The third-order valence-electron chi connectivity index (χ3n) is 2.77. The second-order valence-electron chi connectivity index (χ2n) is 4.23. The van der Waals surface area contributed by atoms with Crippen LogP contribution in [0.5, 0.6) is 5.75 Å². The number of rotatable bonds is 5. The van der Waals surface area contributed by atoms with E-state index in [-0.39, 0.29) is 12.7 Å². The Bertz CT molecular complexity index is 558. The van der Waals surface area contributed by atoms with Crippen molar-refractivity contribution in [2.75, 3.05) is 6.61 Å². The number of hydrogen-bond acceptors (Lipinski definition) is 1. The van der Waals surface area contributed by atoms with Crippen LogP contribution in [-0.4, -0.2) is 6.61 Å². The molecule has 2 rings (SSSR count). The smallest absolute Gasteiger partial charge is 0.203 e. The molecule has 0 bridgehead atoms. The largest absolute Gasteiger partial charge is 0.487 e. The first-order chi connectivity index (χ1) is 9.59. The molecule has 0 aliphatic rings. The molecule has 0 aliphatic heterocycles. The minimum absolute atomic E-state index is 0.0361. The van der Waals surface area contributed by atoms with Gasteiger partial charge in [-0.15, -0.1) is 0 Å². The lowest BCUT2D eigenvalue weighted by atomic mass is 10.1. The van der Waals surface area contributed by atoms with Gasteiger partial charge in [0.25, 0.3) is 0 Å². The van der Waals surface area contributed by atoms with Gasteiger partial charge in [0.15, 0.2) is 17.4 Å². The van der Waals surface area contributed by atoms with E-state index in [9.17, 15) is 17.6 Å². The second-order valence-corrected chi connectivity index (χ2v) is 4.23. The Hall–Kier alpha value is -2.04. The number of hydrogen-bond donors (Lipinski definition) is 0. The van der Waals surface area contributed by atoms with Crippen molar-refractivity contribution in [3.05, 3.63) is 65.2 Å². The molecule has 0 saturated carbocycles. The quantitative estimate of drug-likeness (QED) is 0.453. The van der Waals surface area contributed by atoms with E-state index in [0.29, 0.717) is 12.8 Å². The topological polar surface area (TPSA) is 9.23 Å². The highest BCUT2D eigenvalue weighted by Gasteiger charge is 2.20. The summed E-state index contributed by atoms with van der Waals surface area (Å²) in [4.78, 5) is 0. The molecule has 0 heterocycles. The first-order valence-electron chi connectivity index (χ1n) is 6.09. The zero-order valence-corrected chi connectivity index (χ0v) is 10.5. The van der Waals surface area contributed by atoms with E-state index in [2.05, 4.69) is 0 Å². The van der Waals surface area contributed by atoms with E-state index in [4.69, 9.17) is 4.74 Å². The molecule has 2 aromatic rings. The van der Waals surface area contributed by atoms with Crippen LogP contribution in [0.4, 0.5) is 17.6 Å². The minimum Gasteiger partial charge on any atom is -0.487 e. The molecule has 106 valence electrons. The molecule has 0 aromatic heterocycles. The molecule has 2 aromatic carbocycles. The Balaban J connectivity index is 1.95. The van der Waals surface area contributed by atoms with Crippen molar-refractivity contribution in [1.82, 2.24) is 0 Å². The van der Waals surface area contributed by atoms with Gasteiger partial charge in [0.2, 0.25) is 11.6 Å². The Kier molecular flexibility index (Phi) is 4.61. The van der Waals surface area contributed by atoms with Gasteiger partial charge in [-0.1, -0.05) is 30.3 Å². The molecule has 20 heavy (non-hydrogen) atoms. The maximum Gasteiger partial charge on any atom is 0.203 e. The summed E-state index contributed by atoms with van der Waals surface area (Å²) in [6.45, 7) is -0.0361. The molecule has 0 aliphatic carbocycles. The van der Waals surface area contributed by atoms with E-state index in [1.165, 1.54) is 0 Å². The summed E-state index contributed by atoms with van der Waals surface area (Å²) in [6.07, 6.45) is 1.11. The molecule has 5 heteroatoms. The molecule has 0 radical (unpaired) electrons. The summed E-state index contributed by atoms with van der Waals surface area (Å²) in [5.41, 5.74) is 1.04. The van der Waals surface area contributed by atoms with Gasteiger partial charge in [-0.3, -0.25) is 0 Å². The third-order valence-corrected chi connectivity index (χ3v) is 2.77. The van der Waals surface area contributed by atoms with Crippen LogP contribution >= 0.6 is 0 Å². The van der Waals surface area contributed by atoms with Gasteiger partial charge in [0.1, 0.15) is 0 Å². The second kappa shape index (κ2) is 6.41. The normalized spacial score (nSPS) is 10.6. The van der Waals surface area contributed by atoms with E-state index in [0.717, 1.165) is 5.56 Å². The third kappa shape index (κ3) is 3.29. The Morgan fingerprint density at radius 3 is 2.05 bits per heavy atom. The first kappa shape index (κ1) is 14.4. The van der Waals surface area contributed by atoms with Crippen molar-refractivity contribution < 1.29 is 22.3 Å². The highest BCUT2D eigenvalue weighted by molar-refractivity contribution is 5.28. The predicted octanol–water partition coefficient (Wildman–Crippen LogP) is 4.25. The summed E-state index contributed by atoms with van der Waals surface area (Å²) >= 11 is 0. The highest BCUT2D eigenvalue weighted by Crippen LogP contribution is 2.26. The number of ether oxygens (including phenoxy) is 1. The van der Waals surface area contributed by atoms with E-state index in [1.54, 1.807) is 0 Å². The van der Waals surface area contributed by atoms with Crippen LogP contribution in [0.2, 0.25) is 0 Å². The van der Waals surface area contributed by atoms with Crippen LogP contribution in [0.3, 0.4) is 0 Å². The SMILES string of the molecule is Fc1cc(F)c(F)c(OCCCc2ccccc2)c1F. The lowest BCUT2D eigenvalue weighted by Crippen LogP contribution is -2.06. The molecule has 1 nitrogen and oxygen atoms in total. The van der Waals surface area contributed by atoms with Gasteiger partial charge >= 0.3 is 0 Å². The molecular formula is C15H12F4O. The summed E-state index contributed by atoms with van der Waals surface area (Å²) in [7, 11) is 0. The van der Waals surface area contributed by atoms with Gasteiger partial charge in [-0.25, -0.2) is 8.78 Å². The maximum absolute atomic E-state index is 13.3. The fourth-order valence-electron chi connectivity index (χ4n) is 1.77. The van der Waals surface area contributed by atoms with Gasteiger partial charge in [-0.2, -0.15) is 8.78 Å². The van der Waals surface area contributed by atoms with Crippen molar-refractivity contribution in [3.8, 4) is 5.75 Å². The average molecular weight is 284 g/mol. The summed E-state index contributed by atoms with van der Waals surface area (Å²) < 4.78 is 57.3. The Morgan fingerprint density at radius 2 is 1.45 bits per heavy atom. The van der Waals surface area contributed by atoms with Crippen molar-refractivity contribution in [2.45, 2.75) is 12.8 Å². The van der Waals surface area contributed by atoms with Crippen LogP contribution in [0.25, 0.3) is 0 Å². The fourth-order valence-corrected chi connectivity index (χ4v) is 1.77. The molecule has 0 N–H and O–H groups in total. The molecule has 0 atom stereocenters. The lowest BCUT2D eigenvalue weighted by molar-refractivity contribution is 0.267. The molecule has 0 fully saturated rings. The van der Waals surface area contributed by atoms with Crippen molar-refractivity contribution in [2.24, 2.45) is 0 Å². The number of halogens is 4. The van der Waals surface area contributed by atoms with Crippen LogP contribution in [0.15, 0.2) is 36.4 Å². The van der Waals surface area contributed by atoms with Crippen LogP contribution in [-0.2, 0) is 6.42 Å². The lowest BCUT2D eigenvalue weighted by Gasteiger charge is -2.09. The molecule has 0 spiro atoms. The van der Waals surface area contributed by atoms with Gasteiger partial charge in [0.05, 0.1) is 6.61 Å². The summed E-state index contributed by atoms with van der Waals surface area (Å²) in [5.74, 6) is -6.97. The van der Waals surface area contributed by atoms with E-state index in [1.807, 2.05) is 30.3 Å². The average Bonchev–Trinajstić information content (AvgIpc) is 2.45. The Labute approximate surface area is 113 Å². The van der Waals surface area contributed by atoms with Crippen LogP contribution in [0.1, 0.15) is 12.0 Å². The zero-order valence-electron chi connectivity index (χ0n) is 10.5. The zero-order chi connectivity index (χ0) is 14.5. The molecular weight excluding hydrogens is 272 g/mol. The monoisotopic (exact) mass is 284 g/mol. The number of aryl methyl sites for hydroxylation is 1. The van der Waals surface area contributed by atoms with Gasteiger partial charge in [-0.05, 0) is 18.4 Å². The highest BCUT2D eigenvalue weighted by atomic mass is 19.2. The Morgan fingerprint density at radius 1 is 0.850 bits per heavy atom. The summed E-state index contributed by atoms with van der Waals surface area (Å²) in [5, 5.41) is 0. The van der Waals surface area contributed by atoms with Crippen LogP contribution in [0, 0.1) is 23.3 Å². The molecule has 0 amide bonds.